The molecule has 0 nitrogen and oxygen atoms in total. The van der Waals surface area contributed by atoms with E-state index in [0.717, 1.165) is 5.92 Å². The average molecular weight is 204 g/mol. The Morgan fingerprint density at radius 1 is 1.20 bits per heavy atom. The molecular weight excluding hydrogens is 180 g/mol. The molecule has 0 aromatic heterocycles. The fraction of sp³-hybridized carbons (Fsp3) is 0.867. The van der Waals surface area contributed by atoms with E-state index in [0.29, 0.717) is 16.2 Å². The van der Waals surface area contributed by atoms with Crippen LogP contribution in [0.4, 0.5) is 0 Å². The van der Waals surface area contributed by atoms with Crippen LogP contribution in [0.1, 0.15) is 59.8 Å². The van der Waals surface area contributed by atoms with Gasteiger partial charge in [0.15, 0.2) is 0 Å². The molecule has 0 N–H and O–H groups in total. The van der Waals surface area contributed by atoms with Crippen LogP contribution in [-0.4, -0.2) is 0 Å². The standard InChI is InChI=1S/C15H24/c1-11-6-5-8-14(4)9-7-12-13(2,3)10-15(11,12)14/h6,12H,5,7-10H2,1-4H3/t12-,14+,15-/m1/s1. The van der Waals surface area contributed by atoms with Gasteiger partial charge in [-0.3, -0.25) is 0 Å². The molecule has 0 bridgehead atoms. The van der Waals surface area contributed by atoms with Crippen molar-refractivity contribution in [2.24, 2.45) is 22.2 Å². The highest BCUT2D eigenvalue weighted by Gasteiger charge is 2.69. The predicted octanol–water partition coefficient (Wildman–Crippen LogP) is 4.56. The molecule has 0 aromatic rings. The Bertz CT molecular complexity index is 336. The summed E-state index contributed by atoms with van der Waals surface area (Å²) in [6.45, 7) is 9.94. The summed E-state index contributed by atoms with van der Waals surface area (Å²) in [7, 11) is 0. The second kappa shape index (κ2) is 2.52. The Morgan fingerprint density at radius 3 is 2.60 bits per heavy atom. The normalized spacial score (nSPS) is 51.5. The first-order valence-electron chi connectivity index (χ1n) is 6.60. The zero-order valence-corrected chi connectivity index (χ0v) is 10.7. The van der Waals surface area contributed by atoms with Gasteiger partial charge in [0, 0.05) is 5.41 Å². The Hall–Kier alpha value is -0.260. The number of rotatable bonds is 0. The molecule has 2 saturated carbocycles. The van der Waals surface area contributed by atoms with Crippen molar-refractivity contribution in [2.45, 2.75) is 59.8 Å². The molecule has 3 aliphatic rings. The van der Waals surface area contributed by atoms with Crippen molar-refractivity contribution >= 4 is 0 Å². The Morgan fingerprint density at radius 2 is 1.93 bits per heavy atom. The van der Waals surface area contributed by atoms with E-state index in [9.17, 15) is 0 Å². The number of hydrogen-bond donors (Lipinski definition) is 0. The lowest BCUT2D eigenvalue weighted by atomic mass is 9.39. The molecule has 84 valence electrons. The second-order valence-corrected chi connectivity index (χ2v) is 7.21. The largest absolute Gasteiger partial charge is 0.0850 e. The van der Waals surface area contributed by atoms with E-state index < -0.39 is 0 Å². The smallest absolute Gasteiger partial charge is 0.000146 e. The number of allylic oxidation sites excluding steroid dienone is 2. The van der Waals surface area contributed by atoms with Crippen LogP contribution in [0, 0.1) is 22.2 Å². The lowest BCUT2D eigenvalue weighted by Gasteiger charge is -2.65. The molecule has 3 aliphatic carbocycles. The number of hydrogen-bond acceptors (Lipinski definition) is 0. The summed E-state index contributed by atoms with van der Waals surface area (Å²) in [5.74, 6) is 0.978. The van der Waals surface area contributed by atoms with E-state index in [1.54, 1.807) is 5.57 Å². The van der Waals surface area contributed by atoms with Crippen LogP contribution in [0.3, 0.4) is 0 Å². The van der Waals surface area contributed by atoms with Crippen molar-refractivity contribution in [1.82, 2.24) is 0 Å². The van der Waals surface area contributed by atoms with Gasteiger partial charge in [-0.05, 0) is 55.8 Å². The molecule has 3 rings (SSSR count). The maximum absolute atomic E-state index is 2.57. The monoisotopic (exact) mass is 204 g/mol. The molecule has 0 radical (unpaired) electrons. The van der Waals surface area contributed by atoms with Crippen molar-refractivity contribution in [2.75, 3.05) is 0 Å². The molecule has 15 heavy (non-hydrogen) atoms. The maximum atomic E-state index is 2.57. The Kier molecular flexibility index (Phi) is 1.67. The molecule has 0 saturated heterocycles. The van der Waals surface area contributed by atoms with Crippen molar-refractivity contribution < 1.29 is 0 Å². The van der Waals surface area contributed by atoms with Crippen LogP contribution >= 0.6 is 0 Å². The van der Waals surface area contributed by atoms with Crippen molar-refractivity contribution in [3.63, 3.8) is 0 Å². The van der Waals surface area contributed by atoms with Crippen LogP contribution in [0.5, 0.6) is 0 Å². The lowest BCUT2D eigenvalue weighted by Crippen LogP contribution is -2.58. The summed E-state index contributed by atoms with van der Waals surface area (Å²) < 4.78 is 0. The van der Waals surface area contributed by atoms with Crippen LogP contribution in [0.25, 0.3) is 0 Å². The summed E-state index contributed by atoms with van der Waals surface area (Å²) in [6.07, 6.45) is 9.72. The van der Waals surface area contributed by atoms with Gasteiger partial charge >= 0.3 is 0 Å². The highest BCUT2D eigenvalue weighted by molar-refractivity contribution is 5.32. The molecule has 3 atom stereocenters. The second-order valence-electron chi connectivity index (χ2n) is 7.21. The lowest BCUT2D eigenvalue weighted by molar-refractivity contribution is -0.118. The first-order chi connectivity index (χ1) is 6.92. The topological polar surface area (TPSA) is 0 Å². The van der Waals surface area contributed by atoms with Crippen LogP contribution in [0.2, 0.25) is 0 Å². The van der Waals surface area contributed by atoms with E-state index in [2.05, 4.69) is 33.8 Å². The highest BCUT2D eigenvalue weighted by atomic mass is 14.7. The molecule has 0 aromatic carbocycles. The van der Waals surface area contributed by atoms with E-state index in [-0.39, 0.29) is 0 Å². The summed E-state index contributed by atoms with van der Waals surface area (Å²) in [5, 5.41) is 0. The first-order valence-corrected chi connectivity index (χ1v) is 6.60. The summed E-state index contributed by atoms with van der Waals surface area (Å²) >= 11 is 0. The quantitative estimate of drug-likeness (QED) is 0.507. The average Bonchev–Trinajstić information content (AvgIpc) is 2.37. The van der Waals surface area contributed by atoms with Gasteiger partial charge in [-0.15, -0.1) is 0 Å². The van der Waals surface area contributed by atoms with Gasteiger partial charge in [0.1, 0.15) is 0 Å². The van der Waals surface area contributed by atoms with Crippen molar-refractivity contribution in [3.05, 3.63) is 11.6 Å². The maximum Gasteiger partial charge on any atom is 0.000146 e. The first kappa shape index (κ1) is 9.93. The molecule has 0 aliphatic heterocycles. The van der Waals surface area contributed by atoms with Gasteiger partial charge in [0.25, 0.3) is 0 Å². The van der Waals surface area contributed by atoms with Crippen LogP contribution < -0.4 is 0 Å². The van der Waals surface area contributed by atoms with Gasteiger partial charge in [0.2, 0.25) is 0 Å². The minimum atomic E-state index is 0.615. The molecule has 0 unspecified atom stereocenters. The van der Waals surface area contributed by atoms with Crippen LogP contribution in [-0.2, 0) is 0 Å². The van der Waals surface area contributed by atoms with E-state index in [1.807, 2.05) is 0 Å². The van der Waals surface area contributed by atoms with E-state index in [1.165, 1.54) is 32.1 Å². The third-order valence-electron chi connectivity index (χ3n) is 6.18. The SMILES string of the molecule is CC1=CCC[C@@]2(C)CC[C@@H]3C(C)(C)C[C@@]132. The Labute approximate surface area is 94.1 Å². The molecule has 0 heteroatoms. The van der Waals surface area contributed by atoms with Gasteiger partial charge in [0.05, 0.1) is 0 Å². The molecular formula is C15H24. The fourth-order valence-corrected chi connectivity index (χ4v) is 5.49. The summed E-state index contributed by atoms with van der Waals surface area (Å²) in [6, 6.07) is 0. The van der Waals surface area contributed by atoms with Gasteiger partial charge in [-0.25, -0.2) is 0 Å². The summed E-state index contributed by atoms with van der Waals surface area (Å²) in [5.41, 5.74) is 3.61. The highest BCUT2D eigenvalue weighted by Crippen LogP contribution is 2.78. The fourth-order valence-electron chi connectivity index (χ4n) is 5.49. The van der Waals surface area contributed by atoms with E-state index in [4.69, 9.17) is 0 Å². The zero-order valence-electron chi connectivity index (χ0n) is 10.7. The predicted molar refractivity (Wildman–Crippen MR) is 64.7 cm³/mol. The molecule has 1 spiro atoms. The molecule has 0 amide bonds. The van der Waals surface area contributed by atoms with Crippen molar-refractivity contribution in [3.8, 4) is 0 Å². The third kappa shape index (κ3) is 0.905. The molecule has 2 fully saturated rings. The Balaban J connectivity index is 2.09. The minimum Gasteiger partial charge on any atom is -0.0850 e. The van der Waals surface area contributed by atoms with Crippen LogP contribution in [0.15, 0.2) is 11.6 Å². The third-order valence-corrected chi connectivity index (χ3v) is 6.18. The summed E-state index contributed by atoms with van der Waals surface area (Å²) in [4.78, 5) is 0. The van der Waals surface area contributed by atoms with Gasteiger partial charge in [-0.2, -0.15) is 0 Å². The van der Waals surface area contributed by atoms with Gasteiger partial charge in [-0.1, -0.05) is 32.4 Å². The minimum absolute atomic E-state index is 0.615. The molecule has 0 heterocycles. The van der Waals surface area contributed by atoms with Gasteiger partial charge < -0.3 is 0 Å². The zero-order chi connectivity index (χ0) is 10.9. The van der Waals surface area contributed by atoms with Crippen molar-refractivity contribution in [1.29, 1.82) is 0 Å². The van der Waals surface area contributed by atoms with E-state index >= 15 is 0 Å².